The molecule has 1 saturated carbocycles. The third-order valence-corrected chi connectivity index (χ3v) is 3.51. The summed E-state index contributed by atoms with van der Waals surface area (Å²) >= 11 is 6.81. The van der Waals surface area contributed by atoms with Crippen molar-refractivity contribution in [3.63, 3.8) is 0 Å². The monoisotopic (exact) mass is 256 g/mol. The SMILES string of the molecule is FC(F)(F)C1(NCc2ncc(Cl)s2)CC1. The molecule has 1 aromatic rings. The Kier molecular flexibility index (Phi) is 2.68. The molecule has 7 heteroatoms. The van der Waals surface area contributed by atoms with E-state index in [0.717, 1.165) is 0 Å². The Labute approximate surface area is 93.5 Å². The Morgan fingerprint density at radius 2 is 2.20 bits per heavy atom. The smallest absolute Gasteiger partial charge is 0.297 e. The van der Waals surface area contributed by atoms with Gasteiger partial charge in [-0.15, -0.1) is 11.3 Å². The van der Waals surface area contributed by atoms with Crippen LogP contribution in [0.5, 0.6) is 0 Å². The molecule has 0 spiro atoms. The van der Waals surface area contributed by atoms with E-state index in [1.54, 1.807) is 0 Å². The summed E-state index contributed by atoms with van der Waals surface area (Å²) < 4.78 is 38.0. The maximum absolute atomic E-state index is 12.5. The number of alkyl halides is 3. The van der Waals surface area contributed by atoms with Gasteiger partial charge in [-0.3, -0.25) is 5.32 Å². The minimum Gasteiger partial charge on any atom is -0.297 e. The lowest BCUT2D eigenvalue weighted by Gasteiger charge is -2.19. The molecular formula is C8H8ClF3N2S. The van der Waals surface area contributed by atoms with Gasteiger partial charge in [-0.05, 0) is 12.8 Å². The third kappa shape index (κ3) is 2.26. The molecule has 1 fully saturated rings. The third-order valence-electron chi connectivity index (χ3n) is 2.40. The van der Waals surface area contributed by atoms with Gasteiger partial charge in [0.2, 0.25) is 0 Å². The summed E-state index contributed by atoms with van der Waals surface area (Å²) in [4.78, 5) is 3.89. The van der Waals surface area contributed by atoms with Gasteiger partial charge in [0, 0.05) is 6.54 Å². The zero-order valence-corrected chi connectivity index (χ0v) is 9.14. The van der Waals surface area contributed by atoms with Gasteiger partial charge < -0.3 is 0 Å². The van der Waals surface area contributed by atoms with Crippen LogP contribution in [-0.2, 0) is 6.54 Å². The number of nitrogens with one attached hydrogen (secondary N) is 1. The van der Waals surface area contributed by atoms with Gasteiger partial charge in [-0.25, -0.2) is 4.98 Å². The fourth-order valence-corrected chi connectivity index (χ4v) is 2.20. The average molecular weight is 257 g/mol. The molecular weight excluding hydrogens is 249 g/mol. The predicted molar refractivity (Wildman–Crippen MR) is 52.0 cm³/mol. The molecule has 0 atom stereocenters. The highest BCUT2D eigenvalue weighted by Crippen LogP contribution is 2.49. The zero-order chi connectivity index (χ0) is 11.1. The highest BCUT2D eigenvalue weighted by Gasteiger charge is 2.62. The molecule has 84 valence electrons. The van der Waals surface area contributed by atoms with Crippen LogP contribution in [0, 0.1) is 0 Å². The van der Waals surface area contributed by atoms with Crippen LogP contribution in [0.2, 0.25) is 4.34 Å². The van der Waals surface area contributed by atoms with E-state index in [0.29, 0.717) is 9.34 Å². The van der Waals surface area contributed by atoms with E-state index in [1.807, 2.05) is 0 Å². The standard InChI is InChI=1S/C8H8ClF3N2S/c9-5-3-13-6(15-5)4-14-7(1-2-7)8(10,11)12/h3,14H,1-2,4H2. The average Bonchev–Trinajstić information content (AvgIpc) is 2.82. The van der Waals surface area contributed by atoms with Crippen LogP contribution < -0.4 is 5.32 Å². The zero-order valence-electron chi connectivity index (χ0n) is 7.57. The molecule has 1 aromatic heterocycles. The molecule has 0 radical (unpaired) electrons. The van der Waals surface area contributed by atoms with Crippen molar-refractivity contribution in [2.75, 3.05) is 0 Å². The molecule has 15 heavy (non-hydrogen) atoms. The molecule has 0 saturated heterocycles. The molecule has 1 N–H and O–H groups in total. The van der Waals surface area contributed by atoms with Crippen molar-refractivity contribution >= 4 is 22.9 Å². The predicted octanol–water partition coefficient (Wildman–Crippen LogP) is 2.98. The number of thiazole rings is 1. The molecule has 2 nitrogen and oxygen atoms in total. The summed E-state index contributed by atoms with van der Waals surface area (Å²) in [7, 11) is 0. The van der Waals surface area contributed by atoms with E-state index in [-0.39, 0.29) is 19.4 Å². The molecule has 2 rings (SSSR count). The van der Waals surface area contributed by atoms with E-state index >= 15 is 0 Å². The number of hydrogen-bond donors (Lipinski definition) is 1. The van der Waals surface area contributed by atoms with E-state index in [9.17, 15) is 13.2 Å². The van der Waals surface area contributed by atoms with Gasteiger partial charge >= 0.3 is 6.18 Å². The van der Waals surface area contributed by atoms with Crippen LogP contribution in [-0.4, -0.2) is 16.7 Å². The lowest BCUT2D eigenvalue weighted by atomic mass is 10.2. The van der Waals surface area contributed by atoms with E-state index < -0.39 is 11.7 Å². The van der Waals surface area contributed by atoms with Crippen LogP contribution in [0.3, 0.4) is 0 Å². The Bertz CT molecular complexity index is 359. The Balaban J connectivity index is 1.94. The first-order valence-electron chi connectivity index (χ1n) is 4.35. The van der Waals surface area contributed by atoms with Gasteiger partial charge in [0.15, 0.2) is 0 Å². The Hall–Kier alpha value is -0.330. The molecule has 0 aromatic carbocycles. The summed E-state index contributed by atoms with van der Waals surface area (Å²) in [6.45, 7) is 0.122. The van der Waals surface area contributed by atoms with Crippen molar-refractivity contribution in [2.24, 2.45) is 0 Å². The minimum absolute atomic E-state index is 0.122. The van der Waals surface area contributed by atoms with Crippen molar-refractivity contribution in [1.29, 1.82) is 0 Å². The van der Waals surface area contributed by atoms with Crippen LogP contribution in [0.15, 0.2) is 6.20 Å². The van der Waals surface area contributed by atoms with E-state index in [4.69, 9.17) is 11.6 Å². The maximum Gasteiger partial charge on any atom is 0.406 e. The molecule has 0 unspecified atom stereocenters. The fraction of sp³-hybridized carbons (Fsp3) is 0.625. The van der Waals surface area contributed by atoms with E-state index in [1.165, 1.54) is 17.5 Å². The maximum atomic E-state index is 12.5. The van der Waals surface area contributed by atoms with Gasteiger partial charge in [0.25, 0.3) is 0 Å². The van der Waals surface area contributed by atoms with Crippen molar-refractivity contribution in [2.45, 2.75) is 31.1 Å². The first-order valence-corrected chi connectivity index (χ1v) is 5.54. The second-order valence-electron chi connectivity index (χ2n) is 3.49. The normalized spacial score (nSPS) is 19.2. The largest absolute Gasteiger partial charge is 0.406 e. The van der Waals surface area contributed by atoms with Crippen LogP contribution in [0.25, 0.3) is 0 Å². The molecule has 0 amide bonds. The van der Waals surface area contributed by atoms with Gasteiger partial charge in [0.05, 0.1) is 6.20 Å². The van der Waals surface area contributed by atoms with Gasteiger partial charge in [0.1, 0.15) is 14.9 Å². The summed E-state index contributed by atoms with van der Waals surface area (Å²) in [6, 6.07) is 0. The molecule has 1 aliphatic carbocycles. The van der Waals surface area contributed by atoms with Crippen LogP contribution >= 0.6 is 22.9 Å². The summed E-state index contributed by atoms with van der Waals surface area (Å²) in [5, 5.41) is 3.08. The summed E-state index contributed by atoms with van der Waals surface area (Å²) in [5.74, 6) is 0. The second kappa shape index (κ2) is 3.61. The number of nitrogens with zero attached hydrogens (tertiary/aromatic N) is 1. The molecule has 1 heterocycles. The Morgan fingerprint density at radius 3 is 2.60 bits per heavy atom. The Morgan fingerprint density at radius 1 is 1.53 bits per heavy atom. The second-order valence-corrected chi connectivity index (χ2v) is 5.24. The summed E-state index contributed by atoms with van der Waals surface area (Å²) in [6.07, 6.45) is -2.43. The van der Waals surface area contributed by atoms with Gasteiger partial charge in [-0.2, -0.15) is 13.2 Å². The number of hydrogen-bond acceptors (Lipinski definition) is 3. The van der Waals surface area contributed by atoms with Gasteiger partial charge in [-0.1, -0.05) is 11.6 Å². The molecule has 0 aliphatic heterocycles. The quantitative estimate of drug-likeness (QED) is 0.899. The topological polar surface area (TPSA) is 24.9 Å². The van der Waals surface area contributed by atoms with Crippen molar-refractivity contribution in [3.8, 4) is 0 Å². The highest BCUT2D eigenvalue weighted by molar-refractivity contribution is 7.15. The number of aromatic nitrogens is 1. The first-order chi connectivity index (χ1) is 6.93. The van der Waals surface area contributed by atoms with Crippen molar-refractivity contribution < 1.29 is 13.2 Å². The lowest BCUT2D eigenvalue weighted by molar-refractivity contribution is -0.166. The van der Waals surface area contributed by atoms with E-state index in [2.05, 4.69) is 10.3 Å². The summed E-state index contributed by atoms with van der Waals surface area (Å²) in [5.41, 5.74) is -1.68. The molecule has 1 aliphatic rings. The van der Waals surface area contributed by atoms with Crippen molar-refractivity contribution in [1.82, 2.24) is 10.3 Å². The number of rotatable bonds is 3. The van der Waals surface area contributed by atoms with Crippen LogP contribution in [0.1, 0.15) is 17.8 Å². The fourth-order valence-electron chi connectivity index (χ4n) is 1.30. The lowest BCUT2D eigenvalue weighted by Crippen LogP contribution is -2.44. The first kappa shape index (κ1) is 11.2. The number of halogens is 4. The molecule has 0 bridgehead atoms. The van der Waals surface area contributed by atoms with Crippen LogP contribution in [0.4, 0.5) is 13.2 Å². The minimum atomic E-state index is -4.17. The van der Waals surface area contributed by atoms with Crippen molar-refractivity contribution in [3.05, 3.63) is 15.5 Å². The highest BCUT2D eigenvalue weighted by atomic mass is 35.5.